The molecule has 1 heterocycles. The van der Waals surface area contributed by atoms with Crippen LogP contribution < -0.4 is 5.32 Å². The van der Waals surface area contributed by atoms with Gasteiger partial charge in [-0.3, -0.25) is 4.79 Å². The van der Waals surface area contributed by atoms with Gasteiger partial charge in [-0.15, -0.1) is 0 Å². The standard InChI is InChI=1S/C12H7N3O/c13-15-12-11(16)10-8-4-2-1-3-7(8)5-6-9(10)14-12/h1-6,14H. The third kappa shape index (κ3) is 1.02. The first-order valence-corrected chi connectivity index (χ1v) is 4.87. The van der Waals surface area contributed by atoms with Crippen LogP contribution in [0.2, 0.25) is 0 Å². The van der Waals surface area contributed by atoms with Crippen LogP contribution in [0.5, 0.6) is 0 Å². The number of anilines is 1. The number of carbonyl (C=O) groups is 1. The number of amidine groups is 1. The lowest BCUT2D eigenvalue weighted by Gasteiger charge is -1.99. The minimum absolute atomic E-state index is 0.0219. The van der Waals surface area contributed by atoms with E-state index in [1.165, 1.54) is 0 Å². The molecule has 2 aromatic carbocycles. The first kappa shape index (κ1) is 8.83. The third-order valence-electron chi connectivity index (χ3n) is 2.72. The first-order chi connectivity index (χ1) is 7.81. The zero-order valence-electron chi connectivity index (χ0n) is 8.27. The maximum absolute atomic E-state index is 11.9. The monoisotopic (exact) mass is 209 g/mol. The summed E-state index contributed by atoms with van der Waals surface area (Å²) in [7, 11) is 0. The third-order valence-corrected chi connectivity index (χ3v) is 2.72. The molecule has 76 valence electrons. The average molecular weight is 209 g/mol. The lowest BCUT2D eigenvalue weighted by molar-refractivity contribution is -0.00548. The second-order valence-corrected chi connectivity index (χ2v) is 3.61. The van der Waals surface area contributed by atoms with E-state index >= 15 is 0 Å². The molecule has 16 heavy (non-hydrogen) atoms. The maximum atomic E-state index is 11.9. The van der Waals surface area contributed by atoms with Crippen LogP contribution in [0, 0.1) is 0 Å². The lowest BCUT2D eigenvalue weighted by Crippen LogP contribution is -2.14. The van der Waals surface area contributed by atoms with E-state index in [0.29, 0.717) is 11.3 Å². The van der Waals surface area contributed by atoms with Gasteiger partial charge in [0.2, 0.25) is 0 Å². The Morgan fingerprint density at radius 3 is 2.75 bits per heavy atom. The summed E-state index contributed by atoms with van der Waals surface area (Å²) >= 11 is 0. The molecule has 0 saturated heterocycles. The van der Waals surface area contributed by atoms with Gasteiger partial charge in [-0.2, -0.15) is 0 Å². The predicted octanol–water partition coefficient (Wildman–Crippen LogP) is 2.08. The van der Waals surface area contributed by atoms with Crippen molar-refractivity contribution in [1.29, 1.82) is 0 Å². The topological polar surface area (TPSA) is 65.5 Å². The Hall–Kier alpha value is -2.45. The van der Waals surface area contributed by atoms with Gasteiger partial charge in [0.15, 0.2) is 0 Å². The molecule has 1 N–H and O–H groups in total. The summed E-state index contributed by atoms with van der Waals surface area (Å²) in [6.45, 7) is 0. The van der Waals surface area contributed by atoms with Crippen LogP contribution >= 0.6 is 0 Å². The SMILES string of the molecule is [N-]=[N+]=C1Nc2ccc3ccccc3c2C1=O. The number of fused-ring (bicyclic) bond motifs is 3. The zero-order valence-corrected chi connectivity index (χ0v) is 8.27. The van der Waals surface area contributed by atoms with E-state index in [9.17, 15) is 4.79 Å². The Morgan fingerprint density at radius 2 is 1.94 bits per heavy atom. The normalized spacial score (nSPS) is 13.5. The summed E-state index contributed by atoms with van der Waals surface area (Å²) in [6.07, 6.45) is 0. The van der Waals surface area contributed by atoms with E-state index in [-0.39, 0.29) is 11.6 Å². The number of carbonyl (C=O) groups excluding carboxylic acids is 1. The summed E-state index contributed by atoms with van der Waals surface area (Å²) in [6, 6.07) is 11.4. The molecular formula is C12H7N3O. The molecule has 0 amide bonds. The van der Waals surface area contributed by atoms with Crippen LogP contribution in [0.25, 0.3) is 16.3 Å². The van der Waals surface area contributed by atoms with Crippen molar-refractivity contribution in [1.82, 2.24) is 0 Å². The predicted molar refractivity (Wildman–Crippen MR) is 60.5 cm³/mol. The lowest BCUT2D eigenvalue weighted by atomic mass is 10.0. The molecule has 0 fully saturated rings. The summed E-state index contributed by atoms with van der Waals surface area (Å²) in [5, 5.41) is 4.64. The fraction of sp³-hybridized carbons (Fsp3) is 0. The largest absolute Gasteiger partial charge is 0.497 e. The second-order valence-electron chi connectivity index (χ2n) is 3.61. The van der Waals surface area contributed by atoms with Crippen LogP contribution in [0.4, 0.5) is 5.69 Å². The molecule has 3 rings (SSSR count). The quantitative estimate of drug-likeness (QED) is 0.533. The van der Waals surface area contributed by atoms with Gasteiger partial charge in [0, 0.05) is 0 Å². The van der Waals surface area contributed by atoms with Crippen molar-refractivity contribution in [3.63, 3.8) is 0 Å². The minimum atomic E-state index is -0.269. The van der Waals surface area contributed by atoms with Crippen LogP contribution in [-0.4, -0.2) is 16.4 Å². The number of nitrogens with one attached hydrogen (secondary N) is 1. The molecule has 0 unspecified atom stereocenters. The molecular weight excluding hydrogens is 202 g/mol. The Morgan fingerprint density at radius 1 is 1.12 bits per heavy atom. The number of nitrogens with zero attached hydrogens (tertiary/aromatic N) is 2. The molecule has 0 atom stereocenters. The van der Waals surface area contributed by atoms with E-state index in [2.05, 4.69) is 10.1 Å². The van der Waals surface area contributed by atoms with Gasteiger partial charge in [-0.1, -0.05) is 30.3 Å². The van der Waals surface area contributed by atoms with Crippen molar-refractivity contribution >= 4 is 28.1 Å². The number of rotatable bonds is 0. The molecule has 4 nitrogen and oxygen atoms in total. The van der Waals surface area contributed by atoms with Crippen LogP contribution in [0.15, 0.2) is 36.4 Å². The summed E-state index contributed by atoms with van der Waals surface area (Å²) in [4.78, 5) is 14.8. The number of benzene rings is 2. The van der Waals surface area contributed by atoms with Gasteiger partial charge in [0.25, 0.3) is 5.78 Å². The van der Waals surface area contributed by atoms with Crippen LogP contribution in [0.3, 0.4) is 0 Å². The van der Waals surface area contributed by atoms with Gasteiger partial charge < -0.3 is 10.3 Å². The molecule has 0 bridgehead atoms. The van der Waals surface area contributed by atoms with E-state index in [1.54, 1.807) is 0 Å². The Bertz CT molecular complexity index is 669. The van der Waals surface area contributed by atoms with E-state index < -0.39 is 0 Å². The van der Waals surface area contributed by atoms with Crippen molar-refractivity contribution in [3.8, 4) is 0 Å². The molecule has 0 saturated carbocycles. The Balaban J connectivity index is 2.43. The van der Waals surface area contributed by atoms with Crippen LogP contribution in [-0.2, 0) is 0 Å². The fourth-order valence-electron chi connectivity index (χ4n) is 1.99. The fourth-order valence-corrected chi connectivity index (χ4v) is 1.99. The summed E-state index contributed by atoms with van der Waals surface area (Å²) in [5.74, 6) is -0.291. The highest BCUT2D eigenvalue weighted by Gasteiger charge is 2.35. The molecule has 0 aliphatic carbocycles. The van der Waals surface area contributed by atoms with Gasteiger partial charge in [-0.05, 0) is 16.8 Å². The zero-order chi connectivity index (χ0) is 11.1. The van der Waals surface area contributed by atoms with Crippen molar-refractivity contribution in [2.24, 2.45) is 0 Å². The van der Waals surface area contributed by atoms with Gasteiger partial charge in [0.1, 0.15) is 5.69 Å². The van der Waals surface area contributed by atoms with Gasteiger partial charge in [0.05, 0.1) is 5.56 Å². The van der Waals surface area contributed by atoms with Gasteiger partial charge in [-0.25, -0.2) is 5.32 Å². The first-order valence-electron chi connectivity index (χ1n) is 4.87. The molecule has 1 aliphatic heterocycles. The maximum Gasteiger partial charge on any atom is 0.406 e. The molecule has 0 aromatic heterocycles. The highest BCUT2D eigenvalue weighted by atomic mass is 16.1. The number of hydrogen-bond acceptors (Lipinski definition) is 1. The van der Waals surface area contributed by atoms with Crippen LogP contribution in [0.1, 0.15) is 10.4 Å². The summed E-state index contributed by atoms with van der Waals surface area (Å²) < 4.78 is 0. The minimum Gasteiger partial charge on any atom is -0.497 e. The molecule has 0 radical (unpaired) electrons. The second kappa shape index (κ2) is 3.02. The van der Waals surface area contributed by atoms with E-state index in [0.717, 1.165) is 10.8 Å². The van der Waals surface area contributed by atoms with E-state index in [1.807, 2.05) is 36.4 Å². The highest BCUT2D eigenvalue weighted by Crippen LogP contribution is 2.30. The smallest absolute Gasteiger partial charge is 0.406 e. The molecule has 1 aliphatic rings. The van der Waals surface area contributed by atoms with Crippen molar-refractivity contribution in [3.05, 3.63) is 47.5 Å². The summed E-state index contributed by atoms with van der Waals surface area (Å²) in [5.41, 5.74) is 9.95. The number of hydrogen-bond donors (Lipinski definition) is 1. The Kier molecular flexibility index (Phi) is 1.67. The van der Waals surface area contributed by atoms with Gasteiger partial charge >= 0.3 is 5.84 Å². The highest BCUT2D eigenvalue weighted by molar-refractivity contribution is 6.53. The molecule has 2 aromatic rings. The molecule has 0 spiro atoms. The van der Waals surface area contributed by atoms with Crippen molar-refractivity contribution in [2.75, 3.05) is 5.32 Å². The number of ketones is 1. The Labute approximate surface area is 91.1 Å². The van der Waals surface area contributed by atoms with E-state index in [4.69, 9.17) is 5.53 Å². The molecule has 4 heteroatoms. The average Bonchev–Trinajstić information content (AvgIpc) is 2.66. The number of Topliss-reactive ketones (excluding diaryl/α,β-unsaturated/α-hetero) is 1. The van der Waals surface area contributed by atoms with Crippen molar-refractivity contribution in [2.45, 2.75) is 0 Å². The van der Waals surface area contributed by atoms with Crippen molar-refractivity contribution < 1.29 is 9.58 Å².